The number of benzene rings is 1. The fourth-order valence-corrected chi connectivity index (χ4v) is 2.49. The van der Waals surface area contributed by atoms with Crippen LogP contribution in [0.25, 0.3) is 0 Å². The molecule has 0 unspecified atom stereocenters. The highest BCUT2D eigenvalue weighted by atomic mass is 16.5. The fraction of sp³-hybridized carbons (Fsp3) is 0.474. The van der Waals surface area contributed by atoms with Crippen LogP contribution in [0.5, 0.6) is 0 Å². The van der Waals surface area contributed by atoms with Crippen LogP contribution in [0.2, 0.25) is 0 Å². The van der Waals surface area contributed by atoms with Crippen molar-refractivity contribution in [3.63, 3.8) is 0 Å². The van der Waals surface area contributed by atoms with E-state index >= 15 is 0 Å². The number of aryl methyl sites for hydroxylation is 1. The number of aromatic nitrogens is 2. The first kappa shape index (κ1) is 19.0. The molecule has 0 aliphatic rings. The van der Waals surface area contributed by atoms with Gasteiger partial charge in [0.2, 0.25) is 0 Å². The zero-order valence-corrected chi connectivity index (χ0v) is 15.4. The summed E-state index contributed by atoms with van der Waals surface area (Å²) >= 11 is 0. The van der Waals surface area contributed by atoms with Crippen molar-refractivity contribution in [2.45, 2.75) is 33.4 Å². The Bertz CT molecular complexity index is 652. The molecule has 6 heteroatoms. The number of hydrogen-bond acceptors (Lipinski definition) is 3. The molecule has 6 nitrogen and oxygen atoms in total. The van der Waals surface area contributed by atoms with Crippen LogP contribution >= 0.6 is 0 Å². The van der Waals surface area contributed by atoms with Crippen LogP contribution in [0.1, 0.15) is 30.3 Å². The fourth-order valence-electron chi connectivity index (χ4n) is 2.49. The van der Waals surface area contributed by atoms with Gasteiger partial charge < -0.3 is 19.5 Å². The van der Waals surface area contributed by atoms with Gasteiger partial charge in [-0.15, -0.1) is 0 Å². The van der Waals surface area contributed by atoms with E-state index in [2.05, 4.69) is 46.1 Å². The number of imidazole rings is 1. The van der Waals surface area contributed by atoms with Crippen LogP contribution in [0.4, 0.5) is 4.79 Å². The third-order valence-corrected chi connectivity index (χ3v) is 3.99. The lowest BCUT2D eigenvalue weighted by molar-refractivity contribution is 0.145. The predicted molar refractivity (Wildman–Crippen MR) is 98.5 cm³/mol. The summed E-state index contributed by atoms with van der Waals surface area (Å²) in [4.78, 5) is 18.5. The Kier molecular flexibility index (Phi) is 7.47. The summed E-state index contributed by atoms with van der Waals surface area (Å²) in [5.41, 5.74) is 2.46. The Labute approximate surface area is 149 Å². The number of amides is 2. The molecule has 1 aromatic heterocycles. The molecule has 0 radical (unpaired) electrons. The lowest BCUT2D eigenvalue weighted by Crippen LogP contribution is -2.42. The minimum absolute atomic E-state index is 0.0798. The lowest BCUT2D eigenvalue weighted by Gasteiger charge is -2.23. The van der Waals surface area contributed by atoms with Crippen LogP contribution in [0.3, 0.4) is 0 Å². The second kappa shape index (κ2) is 9.84. The average Bonchev–Trinajstić information content (AvgIpc) is 3.05. The molecule has 1 N–H and O–H groups in total. The molecular formula is C19H28N4O2. The molecular weight excluding hydrogens is 316 g/mol. The molecule has 0 bridgehead atoms. The zero-order valence-electron chi connectivity index (χ0n) is 15.4. The van der Waals surface area contributed by atoms with Gasteiger partial charge in [-0.1, -0.05) is 36.8 Å². The molecule has 136 valence electrons. The molecule has 0 saturated heterocycles. The van der Waals surface area contributed by atoms with E-state index in [9.17, 15) is 4.79 Å². The number of nitrogens with one attached hydrogen (secondary N) is 1. The van der Waals surface area contributed by atoms with Gasteiger partial charge in [0.25, 0.3) is 0 Å². The van der Waals surface area contributed by atoms with Gasteiger partial charge >= 0.3 is 6.03 Å². The number of ether oxygens (including phenoxy) is 1. The zero-order chi connectivity index (χ0) is 18.1. The maximum Gasteiger partial charge on any atom is 0.317 e. The van der Waals surface area contributed by atoms with Crippen molar-refractivity contribution in [1.29, 1.82) is 0 Å². The maximum atomic E-state index is 12.4. The van der Waals surface area contributed by atoms with Crippen molar-refractivity contribution in [1.82, 2.24) is 19.8 Å². The topological polar surface area (TPSA) is 59.4 Å². The summed E-state index contributed by atoms with van der Waals surface area (Å²) in [6.45, 7) is 7.01. The van der Waals surface area contributed by atoms with E-state index in [0.717, 1.165) is 18.8 Å². The summed E-state index contributed by atoms with van der Waals surface area (Å²) in [5, 5.41) is 2.92. The summed E-state index contributed by atoms with van der Waals surface area (Å²) < 4.78 is 7.22. The number of rotatable bonds is 9. The minimum atomic E-state index is -0.0798. The van der Waals surface area contributed by atoms with Gasteiger partial charge in [-0.05, 0) is 18.9 Å². The first-order valence-corrected chi connectivity index (χ1v) is 8.71. The molecule has 0 spiro atoms. The molecule has 2 aromatic rings. The largest absolute Gasteiger partial charge is 0.383 e. The third kappa shape index (κ3) is 5.90. The normalized spacial score (nSPS) is 10.7. The van der Waals surface area contributed by atoms with Crippen molar-refractivity contribution >= 4 is 6.03 Å². The predicted octanol–water partition coefficient (Wildman–Crippen LogP) is 2.81. The van der Waals surface area contributed by atoms with Crippen molar-refractivity contribution < 1.29 is 9.53 Å². The minimum Gasteiger partial charge on any atom is -0.383 e. The van der Waals surface area contributed by atoms with E-state index in [1.807, 2.05) is 13.1 Å². The van der Waals surface area contributed by atoms with Crippen LogP contribution in [-0.2, 0) is 17.8 Å². The highest BCUT2D eigenvalue weighted by molar-refractivity contribution is 5.74. The highest BCUT2D eigenvalue weighted by Gasteiger charge is 2.16. The SMILES string of the molecule is CCCNC(=O)N(CCOC)Cc1nccn1Cc1ccc(C)cc1. The maximum absolute atomic E-state index is 12.4. The first-order valence-electron chi connectivity index (χ1n) is 8.71. The Hall–Kier alpha value is -2.34. The molecule has 0 aliphatic carbocycles. The summed E-state index contributed by atoms with van der Waals surface area (Å²) in [6, 6.07) is 8.37. The number of carbonyl (C=O) groups excluding carboxylic acids is 1. The van der Waals surface area contributed by atoms with E-state index in [1.54, 1.807) is 18.2 Å². The Morgan fingerprint density at radius 2 is 2.08 bits per heavy atom. The molecule has 0 fully saturated rings. The monoisotopic (exact) mass is 344 g/mol. The van der Waals surface area contributed by atoms with E-state index in [0.29, 0.717) is 26.2 Å². The second-order valence-electron chi connectivity index (χ2n) is 6.10. The van der Waals surface area contributed by atoms with Gasteiger partial charge in [0.05, 0.1) is 13.2 Å². The lowest BCUT2D eigenvalue weighted by atomic mass is 10.1. The Morgan fingerprint density at radius 3 is 2.76 bits per heavy atom. The Morgan fingerprint density at radius 1 is 1.32 bits per heavy atom. The smallest absolute Gasteiger partial charge is 0.317 e. The molecule has 1 heterocycles. The second-order valence-corrected chi connectivity index (χ2v) is 6.10. The van der Waals surface area contributed by atoms with Gasteiger partial charge in [-0.25, -0.2) is 9.78 Å². The molecule has 2 rings (SSSR count). The van der Waals surface area contributed by atoms with Crippen LogP contribution in [0.15, 0.2) is 36.7 Å². The third-order valence-electron chi connectivity index (χ3n) is 3.99. The van der Waals surface area contributed by atoms with Crippen LogP contribution in [0, 0.1) is 6.92 Å². The number of urea groups is 1. The molecule has 25 heavy (non-hydrogen) atoms. The van der Waals surface area contributed by atoms with Gasteiger partial charge in [0.1, 0.15) is 5.82 Å². The number of hydrogen-bond donors (Lipinski definition) is 1. The van der Waals surface area contributed by atoms with Gasteiger partial charge in [0, 0.05) is 39.1 Å². The number of carbonyl (C=O) groups is 1. The van der Waals surface area contributed by atoms with Crippen molar-refractivity contribution in [2.24, 2.45) is 0 Å². The molecule has 0 aliphatic heterocycles. The van der Waals surface area contributed by atoms with Gasteiger partial charge in [-0.2, -0.15) is 0 Å². The van der Waals surface area contributed by atoms with E-state index in [-0.39, 0.29) is 6.03 Å². The van der Waals surface area contributed by atoms with Gasteiger partial charge in [-0.3, -0.25) is 0 Å². The van der Waals surface area contributed by atoms with E-state index in [4.69, 9.17) is 4.74 Å². The molecule has 2 amide bonds. The summed E-state index contributed by atoms with van der Waals surface area (Å²) in [6.07, 6.45) is 4.64. The number of nitrogens with zero attached hydrogens (tertiary/aromatic N) is 3. The van der Waals surface area contributed by atoms with Crippen LogP contribution < -0.4 is 5.32 Å². The highest BCUT2D eigenvalue weighted by Crippen LogP contribution is 2.09. The number of methoxy groups -OCH3 is 1. The molecule has 1 aromatic carbocycles. The average molecular weight is 344 g/mol. The Balaban J connectivity index is 2.06. The first-order chi connectivity index (χ1) is 12.1. The van der Waals surface area contributed by atoms with E-state index < -0.39 is 0 Å². The van der Waals surface area contributed by atoms with Crippen molar-refractivity contribution in [3.8, 4) is 0 Å². The van der Waals surface area contributed by atoms with Crippen LogP contribution in [-0.4, -0.2) is 47.3 Å². The summed E-state index contributed by atoms with van der Waals surface area (Å²) in [5.74, 6) is 0.864. The van der Waals surface area contributed by atoms with Gasteiger partial charge in [0.15, 0.2) is 0 Å². The quantitative estimate of drug-likeness (QED) is 0.761. The summed E-state index contributed by atoms with van der Waals surface area (Å²) in [7, 11) is 1.64. The standard InChI is InChI=1S/C19H28N4O2/c1-4-9-21-19(24)23(12-13-25-3)15-18-20-10-11-22(18)14-17-7-5-16(2)6-8-17/h5-8,10-11H,4,9,12-15H2,1-3H3,(H,21,24). The molecule has 0 saturated carbocycles. The van der Waals surface area contributed by atoms with Crippen molar-refractivity contribution in [3.05, 3.63) is 53.6 Å². The van der Waals surface area contributed by atoms with E-state index in [1.165, 1.54) is 11.1 Å². The van der Waals surface area contributed by atoms with Crippen molar-refractivity contribution in [2.75, 3.05) is 26.8 Å². The molecule has 0 atom stereocenters.